The van der Waals surface area contributed by atoms with Gasteiger partial charge in [0.25, 0.3) is 5.91 Å². The number of aliphatic hydroxyl groups is 1. The summed E-state index contributed by atoms with van der Waals surface area (Å²) in [4.78, 5) is 13.2. The van der Waals surface area contributed by atoms with Gasteiger partial charge in [-0.25, -0.2) is 4.39 Å². The molecule has 1 aromatic carbocycles. The van der Waals surface area contributed by atoms with Gasteiger partial charge in [-0.05, 0) is 26.0 Å². The summed E-state index contributed by atoms with van der Waals surface area (Å²) in [7, 11) is 1.49. The first kappa shape index (κ1) is 13.9. The second kappa shape index (κ2) is 5.02. The molecule has 5 heteroatoms. The van der Waals surface area contributed by atoms with Crippen LogP contribution in [0.25, 0.3) is 0 Å². The number of halogens is 2. The smallest absolute Gasteiger partial charge is 0.258 e. The second-order valence-corrected chi connectivity index (χ2v) is 4.98. The van der Waals surface area contributed by atoms with Crippen LogP contribution in [0.15, 0.2) is 18.2 Å². The van der Waals surface area contributed by atoms with Crippen molar-refractivity contribution in [3.05, 3.63) is 34.6 Å². The van der Waals surface area contributed by atoms with E-state index in [9.17, 15) is 14.3 Å². The van der Waals surface area contributed by atoms with E-state index >= 15 is 0 Å². The van der Waals surface area contributed by atoms with Gasteiger partial charge in [0, 0.05) is 13.6 Å². The average Bonchev–Trinajstić information content (AvgIpc) is 2.14. The van der Waals surface area contributed by atoms with Gasteiger partial charge in [0.2, 0.25) is 0 Å². The summed E-state index contributed by atoms with van der Waals surface area (Å²) in [5.74, 6) is -1.21. The van der Waals surface area contributed by atoms with Crippen molar-refractivity contribution in [2.75, 3.05) is 13.6 Å². The first-order chi connectivity index (χ1) is 7.72. The Morgan fingerprint density at radius 1 is 1.53 bits per heavy atom. The molecule has 17 heavy (non-hydrogen) atoms. The zero-order valence-electron chi connectivity index (χ0n) is 10.00. The highest BCUT2D eigenvalue weighted by molar-refractivity contribution is 6.33. The van der Waals surface area contributed by atoms with Gasteiger partial charge < -0.3 is 10.0 Å². The topological polar surface area (TPSA) is 40.5 Å². The van der Waals surface area contributed by atoms with Crippen LogP contribution in [0.3, 0.4) is 0 Å². The maximum Gasteiger partial charge on any atom is 0.258 e. The first-order valence-electron chi connectivity index (χ1n) is 5.14. The molecule has 0 saturated carbocycles. The highest BCUT2D eigenvalue weighted by Gasteiger charge is 2.24. The summed E-state index contributed by atoms with van der Waals surface area (Å²) in [5, 5.41) is 9.67. The fourth-order valence-corrected chi connectivity index (χ4v) is 1.79. The van der Waals surface area contributed by atoms with Gasteiger partial charge >= 0.3 is 0 Å². The van der Waals surface area contributed by atoms with Crippen molar-refractivity contribution >= 4 is 17.5 Å². The third kappa shape index (κ3) is 3.68. The molecule has 0 unspecified atom stereocenters. The van der Waals surface area contributed by atoms with Crippen molar-refractivity contribution in [1.29, 1.82) is 0 Å². The Balaban J connectivity index is 2.97. The van der Waals surface area contributed by atoms with Gasteiger partial charge in [-0.1, -0.05) is 17.7 Å². The lowest BCUT2D eigenvalue weighted by Crippen LogP contribution is -2.40. The fourth-order valence-electron chi connectivity index (χ4n) is 1.55. The Hall–Kier alpha value is -1.13. The monoisotopic (exact) mass is 259 g/mol. The van der Waals surface area contributed by atoms with Crippen LogP contribution in [0.1, 0.15) is 24.2 Å². The summed E-state index contributed by atoms with van der Waals surface area (Å²) < 4.78 is 13.5. The molecule has 0 saturated heterocycles. The van der Waals surface area contributed by atoms with E-state index in [1.54, 1.807) is 13.8 Å². The Morgan fingerprint density at radius 3 is 2.59 bits per heavy atom. The van der Waals surface area contributed by atoms with E-state index in [1.807, 2.05) is 0 Å². The van der Waals surface area contributed by atoms with Crippen LogP contribution in [0.4, 0.5) is 4.39 Å². The summed E-state index contributed by atoms with van der Waals surface area (Å²) in [6, 6.07) is 4.07. The molecule has 0 spiro atoms. The molecular weight excluding hydrogens is 245 g/mol. The van der Waals surface area contributed by atoms with Gasteiger partial charge in [0.1, 0.15) is 5.82 Å². The molecule has 0 radical (unpaired) electrons. The van der Waals surface area contributed by atoms with E-state index in [0.29, 0.717) is 0 Å². The van der Waals surface area contributed by atoms with Crippen LogP contribution in [0, 0.1) is 5.82 Å². The summed E-state index contributed by atoms with van der Waals surface area (Å²) in [6.45, 7) is 3.23. The molecule has 0 aliphatic carbocycles. The minimum atomic E-state index is -1.04. The lowest BCUT2D eigenvalue weighted by molar-refractivity contribution is 0.0365. The highest BCUT2D eigenvalue weighted by atomic mass is 35.5. The van der Waals surface area contributed by atoms with Crippen molar-refractivity contribution in [1.82, 2.24) is 4.90 Å². The molecular formula is C12H15ClFNO2. The molecule has 0 aliphatic heterocycles. The van der Waals surface area contributed by atoms with E-state index in [0.717, 1.165) is 0 Å². The number of likely N-dealkylation sites (N-methyl/N-ethyl adjacent to an activating group) is 1. The molecule has 3 nitrogen and oxygen atoms in total. The molecule has 94 valence electrons. The summed E-state index contributed by atoms with van der Waals surface area (Å²) in [6.07, 6.45) is 0. The van der Waals surface area contributed by atoms with Crippen molar-refractivity contribution in [3.8, 4) is 0 Å². The molecule has 0 heterocycles. The molecule has 0 aromatic heterocycles. The van der Waals surface area contributed by atoms with Gasteiger partial charge in [-0.3, -0.25) is 4.79 Å². The number of benzene rings is 1. The lowest BCUT2D eigenvalue weighted by atomic mass is 10.1. The van der Waals surface area contributed by atoms with Crippen LogP contribution in [0.5, 0.6) is 0 Å². The van der Waals surface area contributed by atoms with Crippen molar-refractivity contribution in [2.45, 2.75) is 19.4 Å². The van der Waals surface area contributed by atoms with Gasteiger partial charge in [0.15, 0.2) is 0 Å². The van der Waals surface area contributed by atoms with E-state index in [1.165, 1.54) is 30.1 Å². The molecule has 1 rings (SSSR count). The predicted octanol–water partition coefficient (Wildman–Crippen LogP) is 2.32. The van der Waals surface area contributed by atoms with Crippen molar-refractivity contribution in [2.24, 2.45) is 0 Å². The minimum absolute atomic E-state index is 0.0672. The third-order valence-electron chi connectivity index (χ3n) is 2.15. The molecule has 1 aromatic rings. The maximum absolute atomic E-state index is 13.5. The Kier molecular flexibility index (Phi) is 4.11. The SMILES string of the molecule is CN(CC(C)(C)O)C(=O)c1c(F)cccc1Cl. The molecule has 0 fully saturated rings. The summed E-state index contributed by atoms with van der Waals surface area (Å²) in [5.41, 5.74) is -1.21. The second-order valence-electron chi connectivity index (χ2n) is 4.57. The molecule has 1 amide bonds. The van der Waals surface area contributed by atoms with Gasteiger partial charge in [-0.2, -0.15) is 0 Å². The van der Waals surface area contributed by atoms with Crippen LogP contribution >= 0.6 is 11.6 Å². The number of carbonyl (C=O) groups is 1. The Morgan fingerprint density at radius 2 is 2.12 bits per heavy atom. The maximum atomic E-state index is 13.5. The van der Waals surface area contributed by atoms with Gasteiger partial charge in [-0.15, -0.1) is 0 Å². The zero-order valence-corrected chi connectivity index (χ0v) is 10.8. The van der Waals surface area contributed by atoms with E-state index in [-0.39, 0.29) is 17.1 Å². The Labute approximate surface area is 105 Å². The van der Waals surface area contributed by atoms with E-state index in [2.05, 4.69) is 0 Å². The zero-order chi connectivity index (χ0) is 13.2. The average molecular weight is 260 g/mol. The van der Waals surface area contributed by atoms with Gasteiger partial charge in [0.05, 0.1) is 16.2 Å². The summed E-state index contributed by atoms with van der Waals surface area (Å²) >= 11 is 5.79. The van der Waals surface area contributed by atoms with Crippen LogP contribution in [-0.4, -0.2) is 35.1 Å². The molecule has 1 N–H and O–H groups in total. The quantitative estimate of drug-likeness (QED) is 0.905. The molecule has 0 atom stereocenters. The van der Waals surface area contributed by atoms with Crippen molar-refractivity contribution in [3.63, 3.8) is 0 Å². The molecule has 0 aliphatic rings. The highest BCUT2D eigenvalue weighted by Crippen LogP contribution is 2.21. The number of hydrogen-bond donors (Lipinski definition) is 1. The van der Waals surface area contributed by atoms with Crippen LogP contribution < -0.4 is 0 Å². The number of hydrogen-bond acceptors (Lipinski definition) is 2. The molecule has 0 bridgehead atoms. The lowest BCUT2D eigenvalue weighted by Gasteiger charge is -2.26. The normalized spacial score (nSPS) is 11.4. The number of carbonyl (C=O) groups excluding carboxylic acids is 1. The Bertz CT molecular complexity index is 409. The largest absolute Gasteiger partial charge is 0.389 e. The standard InChI is InChI=1S/C12H15ClFNO2/c1-12(2,17)7-15(3)11(16)10-8(13)5-4-6-9(10)14/h4-6,17H,7H2,1-3H3. The van der Waals surface area contributed by atoms with E-state index < -0.39 is 17.3 Å². The number of nitrogens with zero attached hydrogens (tertiary/aromatic N) is 1. The third-order valence-corrected chi connectivity index (χ3v) is 2.46. The predicted molar refractivity (Wildman–Crippen MR) is 64.7 cm³/mol. The fraction of sp³-hybridized carbons (Fsp3) is 0.417. The minimum Gasteiger partial charge on any atom is -0.389 e. The first-order valence-corrected chi connectivity index (χ1v) is 5.52. The number of rotatable bonds is 3. The number of amides is 1. The van der Waals surface area contributed by atoms with Crippen LogP contribution in [-0.2, 0) is 0 Å². The van der Waals surface area contributed by atoms with Crippen LogP contribution in [0.2, 0.25) is 5.02 Å². The van der Waals surface area contributed by atoms with E-state index in [4.69, 9.17) is 11.6 Å². The van der Waals surface area contributed by atoms with Crippen molar-refractivity contribution < 1.29 is 14.3 Å².